The number of dihydropyridines is 1. The van der Waals surface area contributed by atoms with Crippen LogP contribution in [0.5, 0.6) is 0 Å². The molecule has 130 valence electrons. The zero-order chi connectivity index (χ0) is 18.6. The summed E-state index contributed by atoms with van der Waals surface area (Å²) >= 11 is 4.32. The van der Waals surface area contributed by atoms with E-state index in [0.29, 0.717) is 33.0 Å². The predicted molar refractivity (Wildman–Crippen MR) is 94.6 cm³/mol. The summed E-state index contributed by atoms with van der Waals surface area (Å²) in [6.07, 6.45) is 0. The molecule has 0 aliphatic carbocycles. The van der Waals surface area contributed by atoms with Gasteiger partial charge in [-0.1, -0.05) is 12.1 Å². The molecule has 1 aliphatic heterocycles. The first-order valence-corrected chi connectivity index (χ1v) is 8.05. The highest BCUT2D eigenvalue weighted by molar-refractivity contribution is 7.84. The van der Waals surface area contributed by atoms with E-state index in [1.165, 1.54) is 7.11 Å². The number of esters is 2. The number of allylic oxidation sites excluding steroid dienone is 2. The number of nitrogens with zero attached hydrogens (tertiary/aromatic N) is 1. The molecule has 25 heavy (non-hydrogen) atoms. The van der Waals surface area contributed by atoms with Crippen LogP contribution in [0.1, 0.15) is 35.7 Å². The SMILES string of the molecule is CCOC(=O)C1=C(C)NC(S)=C(C#N)[C@H]1c1ccc(C(=O)OC)cc1. The lowest BCUT2D eigenvalue weighted by Crippen LogP contribution is -2.28. The fraction of sp³-hybridized carbons (Fsp3) is 0.278. The number of methoxy groups -OCH3 is 1. The number of carbonyl (C=O) groups is 2. The molecule has 0 amide bonds. The summed E-state index contributed by atoms with van der Waals surface area (Å²) in [7, 11) is 1.30. The molecule has 1 heterocycles. The lowest BCUT2D eigenvalue weighted by Gasteiger charge is -2.28. The maximum absolute atomic E-state index is 12.4. The van der Waals surface area contributed by atoms with Gasteiger partial charge in [-0.2, -0.15) is 5.26 Å². The number of nitrogens with one attached hydrogen (secondary N) is 1. The van der Waals surface area contributed by atoms with Crippen LogP contribution in [0.15, 0.2) is 46.1 Å². The highest BCUT2D eigenvalue weighted by atomic mass is 32.1. The molecular formula is C18H18N2O4S. The summed E-state index contributed by atoms with van der Waals surface area (Å²) in [5.41, 5.74) is 2.29. The minimum Gasteiger partial charge on any atom is -0.465 e. The first-order chi connectivity index (χ1) is 11.9. The van der Waals surface area contributed by atoms with Gasteiger partial charge in [-0.05, 0) is 31.5 Å². The Morgan fingerprint density at radius 1 is 1.28 bits per heavy atom. The van der Waals surface area contributed by atoms with Crippen molar-refractivity contribution < 1.29 is 19.1 Å². The average Bonchev–Trinajstić information content (AvgIpc) is 2.60. The second kappa shape index (κ2) is 7.90. The van der Waals surface area contributed by atoms with E-state index in [-0.39, 0.29) is 6.61 Å². The summed E-state index contributed by atoms with van der Waals surface area (Å²) in [6, 6.07) is 8.66. The van der Waals surface area contributed by atoms with Gasteiger partial charge in [-0.15, -0.1) is 12.6 Å². The number of benzene rings is 1. The van der Waals surface area contributed by atoms with E-state index in [2.05, 4.69) is 28.8 Å². The molecule has 2 rings (SSSR count). The number of hydrogen-bond acceptors (Lipinski definition) is 7. The van der Waals surface area contributed by atoms with Gasteiger partial charge in [-0.3, -0.25) is 0 Å². The van der Waals surface area contributed by atoms with Crippen LogP contribution in [0.2, 0.25) is 0 Å². The second-order valence-electron chi connectivity index (χ2n) is 5.30. The zero-order valence-electron chi connectivity index (χ0n) is 14.1. The van der Waals surface area contributed by atoms with E-state index in [0.717, 1.165) is 0 Å². The van der Waals surface area contributed by atoms with Gasteiger partial charge < -0.3 is 14.8 Å². The van der Waals surface area contributed by atoms with Gasteiger partial charge in [0.15, 0.2) is 0 Å². The summed E-state index contributed by atoms with van der Waals surface area (Å²) in [6.45, 7) is 3.67. The van der Waals surface area contributed by atoms with Gasteiger partial charge in [0.05, 0.1) is 47.4 Å². The molecule has 0 spiro atoms. The van der Waals surface area contributed by atoms with E-state index in [9.17, 15) is 14.9 Å². The molecule has 0 fully saturated rings. The second-order valence-corrected chi connectivity index (χ2v) is 5.75. The quantitative estimate of drug-likeness (QED) is 0.635. The molecule has 1 aromatic rings. The summed E-state index contributed by atoms with van der Waals surface area (Å²) < 4.78 is 9.83. The summed E-state index contributed by atoms with van der Waals surface area (Å²) in [4.78, 5) is 24.0. The number of ether oxygens (including phenoxy) is 2. The van der Waals surface area contributed by atoms with Gasteiger partial charge in [0, 0.05) is 5.70 Å². The van der Waals surface area contributed by atoms with E-state index in [1.807, 2.05) is 0 Å². The van der Waals surface area contributed by atoms with Crippen molar-refractivity contribution in [1.82, 2.24) is 5.32 Å². The maximum atomic E-state index is 12.4. The number of nitriles is 1. The molecule has 1 atom stereocenters. The van der Waals surface area contributed by atoms with Crippen molar-refractivity contribution in [2.24, 2.45) is 0 Å². The zero-order valence-corrected chi connectivity index (χ0v) is 15.0. The summed E-state index contributed by atoms with van der Waals surface area (Å²) in [5, 5.41) is 12.9. The van der Waals surface area contributed by atoms with E-state index >= 15 is 0 Å². The van der Waals surface area contributed by atoms with E-state index < -0.39 is 17.9 Å². The molecule has 0 saturated heterocycles. The largest absolute Gasteiger partial charge is 0.465 e. The average molecular weight is 358 g/mol. The molecule has 0 bridgehead atoms. The lowest BCUT2D eigenvalue weighted by atomic mass is 9.82. The molecule has 0 radical (unpaired) electrons. The molecule has 0 aromatic heterocycles. The smallest absolute Gasteiger partial charge is 0.337 e. The Morgan fingerprint density at radius 2 is 1.92 bits per heavy atom. The molecule has 1 aromatic carbocycles. The van der Waals surface area contributed by atoms with Crippen molar-refractivity contribution in [2.45, 2.75) is 19.8 Å². The van der Waals surface area contributed by atoms with Crippen LogP contribution in [-0.2, 0) is 14.3 Å². The van der Waals surface area contributed by atoms with Crippen LogP contribution in [0.3, 0.4) is 0 Å². The van der Waals surface area contributed by atoms with Crippen LogP contribution < -0.4 is 5.32 Å². The molecule has 0 saturated carbocycles. The van der Waals surface area contributed by atoms with Gasteiger partial charge in [0.25, 0.3) is 0 Å². The number of hydrogen-bond donors (Lipinski definition) is 2. The van der Waals surface area contributed by atoms with Crippen molar-refractivity contribution in [1.29, 1.82) is 5.26 Å². The lowest BCUT2D eigenvalue weighted by molar-refractivity contribution is -0.138. The molecule has 7 heteroatoms. The van der Waals surface area contributed by atoms with Crippen molar-refractivity contribution in [2.75, 3.05) is 13.7 Å². The Morgan fingerprint density at radius 3 is 2.44 bits per heavy atom. The highest BCUT2D eigenvalue weighted by Crippen LogP contribution is 2.39. The predicted octanol–water partition coefficient (Wildman–Crippen LogP) is 2.66. The number of thiol groups is 1. The fourth-order valence-electron chi connectivity index (χ4n) is 2.67. The van der Waals surface area contributed by atoms with Crippen LogP contribution in [0.4, 0.5) is 0 Å². The third-order valence-electron chi connectivity index (χ3n) is 3.82. The molecule has 0 unspecified atom stereocenters. The van der Waals surface area contributed by atoms with Crippen LogP contribution in [0.25, 0.3) is 0 Å². The Hall–Kier alpha value is -2.72. The number of rotatable bonds is 4. The Kier molecular flexibility index (Phi) is 5.88. The Labute approximate surface area is 151 Å². The van der Waals surface area contributed by atoms with Crippen LogP contribution >= 0.6 is 12.6 Å². The van der Waals surface area contributed by atoms with Crippen LogP contribution in [-0.4, -0.2) is 25.7 Å². The molecule has 1 N–H and O–H groups in total. The molecule has 1 aliphatic rings. The van der Waals surface area contributed by atoms with Crippen molar-refractivity contribution in [3.05, 3.63) is 57.3 Å². The van der Waals surface area contributed by atoms with Crippen molar-refractivity contribution in [3.8, 4) is 6.07 Å². The molecule has 6 nitrogen and oxygen atoms in total. The van der Waals surface area contributed by atoms with E-state index in [1.54, 1.807) is 38.1 Å². The van der Waals surface area contributed by atoms with Crippen molar-refractivity contribution >= 4 is 24.6 Å². The van der Waals surface area contributed by atoms with E-state index in [4.69, 9.17) is 4.74 Å². The topological polar surface area (TPSA) is 88.4 Å². The third kappa shape index (κ3) is 3.69. The number of carbonyl (C=O) groups excluding carboxylic acids is 2. The first-order valence-electron chi connectivity index (χ1n) is 7.61. The molecular weight excluding hydrogens is 340 g/mol. The van der Waals surface area contributed by atoms with Gasteiger partial charge in [0.1, 0.15) is 0 Å². The fourth-order valence-corrected chi connectivity index (χ4v) is 3.02. The Balaban J connectivity index is 2.54. The minimum absolute atomic E-state index is 0.225. The Bertz CT molecular complexity index is 803. The summed E-state index contributed by atoms with van der Waals surface area (Å²) in [5.74, 6) is -1.58. The first kappa shape index (κ1) is 18.6. The van der Waals surface area contributed by atoms with Gasteiger partial charge >= 0.3 is 11.9 Å². The highest BCUT2D eigenvalue weighted by Gasteiger charge is 2.34. The standard InChI is InChI=1S/C18H18N2O4S/c1-4-24-18(22)14-10(2)20-16(25)13(9-19)15(14)11-5-7-12(8-6-11)17(21)23-3/h5-8,15,20,25H,4H2,1-3H3/t15-/m1/s1. The normalized spacial score (nSPS) is 16.8. The van der Waals surface area contributed by atoms with Gasteiger partial charge in [0.2, 0.25) is 0 Å². The third-order valence-corrected chi connectivity index (χ3v) is 4.18. The minimum atomic E-state index is -0.621. The monoisotopic (exact) mass is 358 g/mol. The van der Waals surface area contributed by atoms with Crippen molar-refractivity contribution in [3.63, 3.8) is 0 Å². The maximum Gasteiger partial charge on any atom is 0.337 e. The van der Waals surface area contributed by atoms with Gasteiger partial charge in [-0.25, -0.2) is 9.59 Å². The van der Waals surface area contributed by atoms with Crippen LogP contribution in [0, 0.1) is 11.3 Å².